The summed E-state index contributed by atoms with van der Waals surface area (Å²) in [6.45, 7) is 4.49. The van der Waals surface area contributed by atoms with Crippen molar-refractivity contribution in [2.24, 2.45) is 7.05 Å². The van der Waals surface area contributed by atoms with Gasteiger partial charge in [0, 0.05) is 31.4 Å². The average molecular weight is 207 g/mol. The van der Waals surface area contributed by atoms with Crippen LogP contribution in [0.5, 0.6) is 0 Å². The van der Waals surface area contributed by atoms with Gasteiger partial charge in [-0.3, -0.25) is 4.68 Å². The Morgan fingerprint density at radius 3 is 2.47 bits per heavy atom. The molecule has 1 aromatic heterocycles. The van der Waals surface area contributed by atoms with Gasteiger partial charge in [0.05, 0.1) is 0 Å². The fourth-order valence-electron chi connectivity index (χ4n) is 2.65. The normalized spacial score (nSPS) is 19.5. The first-order chi connectivity index (χ1) is 7.03. The Bertz CT molecular complexity index is 348. The molecule has 1 aromatic rings. The molecule has 0 aliphatic heterocycles. The molecule has 3 nitrogen and oxygen atoms in total. The third kappa shape index (κ3) is 1.75. The quantitative estimate of drug-likeness (QED) is 0.743. The first-order valence-corrected chi connectivity index (χ1v) is 5.77. The molecule has 0 unspecified atom stereocenters. The zero-order chi connectivity index (χ0) is 11.1. The van der Waals surface area contributed by atoms with Crippen LogP contribution in [0, 0.1) is 6.92 Å². The molecule has 0 atom stereocenters. The third-order valence-corrected chi connectivity index (χ3v) is 3.79. The van der Waals surface area contributed by atoms with Gasteiger partial charge in [-0.25, -0.2) is 0 Å². The number of aromatic nitrogens is 2. The van der Waals surface area contributed by atoms with E-state index < -0.39 is 0 Å². The summed E-state index contributed by atoms with van der Waals surface area (Å²) < 4.78 is 1.90. The Morgan fingerprint density at radius 1 is 1.40 bits per heavy atom. The van der Waals surface area contributed by atoms with Crippen LogP contribution in [-0.2, 0) is 7.05 Å². The lowest BCUT2D eigenvalue weighted by Gasteiger charge is -2.36. The molecule has 0 amide bonds. The van der Waals surface area contributed by atoms with Gasteiger partial charge >= 0.3 is 0 Å². The van der Waals surface area contributed by atoms with E-state index in [2.05, 4.69) is 37.1 Å². The molecular formula is C12H21N3. The molecule has 0 bridgehead atoms. The molecule has 0 aromatic carbocycles. The molecule has 1 aliphatic rings. The molecule has 0 radical (unpaired) electrons. The molecule has 15 heavy (non-hydrogen) atoms. The van der Waals surface area contributed by atoms with E-state index in [1.54, 1.807) is 0 Å². The SMILES string of the molecule is Cc1cn(C)nc1N(C)C1(C)CCCC1. The third-order valence-electron chi connectivity index (χ3n) is 3.79. The Balaban J connectivity index is 2.27. The molecule has 3 heteroatoms. The predicted molar refractivity (Wildman–Crippen MR) is 63.2 cm³/mol. The molecular weight excluding hydrogens is 186 g/mol. The summed E-state index contributed by atoms with van der Waals surface area (Å²) in [6.07, 6.45) is 7.38. The first kappa shape index (κ1) is 10.5. The minimum absolute atomic E-state index is 0.319. The highest BCUT2D eigenvalue weighted by molar-refractivity contribution is 5.47. The number of anilines is 1. The lowest BCUT2D eigenvalue weighted by molar-refractivity contribution is 0.452. The van der Waals surface area contributed by atoms with Crippen LogP contribution >= 0.6 is 0 Å². The minimum atomic E-state index is 0.319. The second-order valence-corrected chi connectivity index (χ2v) is 5.07. The Labute approximate surface area is 92.1 Å². The van der Waals surface area contributed by atoms with Gasteiger partial charge in [0.1, 0.15) is 0 Å². The van der Waals surface area contributed by atoms with Crippen molar-refractivity contribution in [2.75, 3.05) is 11.9 Å². The van der Waals surface area contributed by atoms with Crippen LogP contribution in [0.2, 0.25) is 0 Å². The standard InChI is InChI=1S/C12H21N3/c1-10-9-14(3)13-11(10)15(4)12(2)7-5-6-8-12/h9H,5-8H2,1-4H3. The fraction of sp³-hybridized carbons (Fsp3) is 0.750. The Kier molecular flexibility index (Phi) is 2.49. The second kappa shape index (κ2) is 3.54. The zero-order valence-electron chi connectivity index (χ0n) is 10.2. The monoisotopic (exact) mass is 207 g/mol. The summed E-state index contributed by atoms with van der Waals surface area (Å²) in [5.41, 5.74) is 1.59. The van der Waals surface area contributed by atoms with Crippen molar-refractivity contribution < 1.29 is 0 Å². The van der Waals surface area contributed by atoms with Crippen molar-refractivity contribution in [3.8, 4) is 0 Å². The van der Waals surface area contributed by atoms with Gasteiger partial charge in [0.25, 0.3) is 0 Å². The molecule has 0 saturated heterocycles. The highest BCUT2D eigenvalue weighted by atomic mass is 15.3. The summed E-state index contributed by atoms with van der Waals surface area (Å²) in [6, 6.07) is 0. The zero-order valence-corrected chi connectivity index (χ0v) is 10.2. The number of nitrogens with zero attached hydrogens (tertiary/aromatic N) is 3. The molecule has 1 aliphatic carbocycles. The van der Waals surface area contributed by atoms with Crippen LogP contribution in [0.4, 0.5) is 5.82 Å². The fourth-order valence-corrected chi connectivity index (χ4v) is 2.65. The first-order valence-electron chi connectivity index (χ1n) is 5.77. The van der Waals surface area contributed by atoms with E-state index in [4.69, 9.17) is 0 Å². The number of hydrogen-bond donors (Lipinski definition) is 0. The van der Waals surface area contributed by atoms with Crippen molar-refractivity contribution in [1.29, 1.82) is 0 Å². The van der Waals surface area contributed by atoms with Crippen LogP contribution < -0.4 is 4.90 Å². The van der Waals surface area contributed by atoms with E-state index in [0.29, 0.717) is 5.54 Å². The van der Waals surface area contributed by atoms with Crippen LogP contribution in [0.25, 0.3) is 0 Å². The summed E-state index contributed by atoms with van der Waals surface area (Å²) in [7, 11) is 4.17. The van der Waals surface area contributed by atoms with Gasteiger partial charge in [0.15, 0.2) is 5.82 Å². The summed E-state index contributed by atoms with van der Waals surface area (Å²) >= 11 is 0. The van der Waals surface area contributed by atoms with Crippen LogP contribution in [0.3, 0.4) is 0 Å². The maximum absolute atomic E-state index is 4.54. The van der Waals surface area contributed by atoms with Crippen molar-refractivity contribution in [2.45, 2.75) is 45.1 Å². The van der Waals surface area contributed by atoms with Gasteiger partial charge in [0.2, 0.25) is 0 Å². The lowest BCUT2D eigenvalue weighted by Crippen LogP contribution is -2.42. The van der Waals surface area contributed by atoms with E-state index in [1.165, 1.54) is 31.2 Å². The van der Waals surface area contributed by atoms with E-state index in [9.17, 15) is 0 Å². The molecule has 1 fully saturated rings. The van der Waals surface area contributed by atoms with E-state index in [1.807, 2.05) is 11.7 Å². The van der Waals surface area contributed by atoms with Gasteiger partial charge in [-0.05, 0) is 26.7 Å². The average Bonchev–Trinajstić information content (AvgIpc) is 2.73. The molecule has 1 heterocycles. The van der Waals surface area contributed by atoms with Crippen LogP contribution in [0.1, 0.15) is 38.2 Å². The van der Waals surface area contributed by atoms with Crippen LogP contribution in [-0.4, -0.2) is 22.4 Å². The largest absolute Gasteiger partial charge is 0.353 e. The van der Waals surface area contributed by atoms with E-state index >= 15 is 0 Å². The molecule has 84 valence electrons. The maximum atomic E-state index is 4.54. The molecule has 0 N–H and O–H groups in total. The molecule has 1 saturated carbocycles. The van der Waals surface area contributed by atoms with Crippen LogP contribution in [0.15, 0.2) is 6.20 Å². The number of rotatable bonds is 2. The smallest absolute Gasteiger partial charge is 0.153 e. The van der Waals surface area contributed by atoms with Gasteiger partial charge in [-0.15, -0.1) is 0 Å². The van der Waals surface area contributed by atoms with E-state index in [-0.39, 0.29) is 0 Å². The van der Waals surface area contributed by atoms with E-state index in [0.717, 1.165) is 5.82 Å². The van der Waals surface area contributed by atoms with Crippen molar-refractivity contribution in [1.82, 2.24) is 9.78 Å². The van der Waals surface area contributed by atoms with Crippen molar-refractivity contribution in [3.63, 3.8) is 0 Å². The highest BCUT2D eigenvalue weighted by Gasteiger charge is 2.34. The van der Waals surface area contributed by atoms with Gasteiger partial charge in [-0.1, -0.05) is 12.8 Å². The minimum Gasteiger partial charge on any atom is -0.353 e. The summed E-state index contributed by atoms with van der Waals surface area (Å²) in [5.74, 6) is 1.14. The maximum Gasteiger partial charge on any atom is 0.153 e. The Morgan fingerprint density at radius 2 is 2.00 bits per heavy atom. The van der Waals surface area contributed by atoms with Gasteiger partial charge < -0.3 is 4.90 Å². The number of aryl methyl sites for hydroxylation is 2. The molecule has 0 spiro atoms. The number of hydrogen-bond acceptors (Lipinski definition) is 2. The van der Waals surface area contributed by atoms with Gasteiger partial charge in [-0.2, -0.15) is 5.10 Å². The predicted octanol–water partition coefficient (Wildman–Crippen LogP) is 2.50. The lowest BCUT2D eigenvalue weighted by atomic mass is 9.98. The van der Waals surface area contributed by atoms with Crippen molar-refractivity contribution >= 4 is 5.82 Å². The second-order valence-electron chi connectivity index (χ2n) is 5.07. The molecule has 2 rings (SSSR count). The topological polar surface area (TPSA) is 21.1 Å². The van der Waals surface area contributed by atoms with Crippen molar-refractivity contribution in [3.05, 3.63) is 11.8 Å². The highest BCUT2D eigenvalue weighted by Crippen LogP contribution is 2.36. The summed E-state index contributed by atoms with van der Waals surface area (Å²) in [4.78, 5) is 2.37. The summed E-state index contributed by atoms with van der Waals surface area (Å²) in [5, 5.41) is 4.54. The Hall–Kier alpha value is -0.990.